The van der Waals surface area contributed by atoms with E-state index in [9.17, 15) is 19.8 Å². The molecule has 0 bridgehead atoms. The van der Waals surface area contributed by atoms with E-state index in [1.807, 2.05) is 12.1 Å². The number of aliphatic hydroxyl groups excluding tert-OH is 1. The molecule has 182 valence electrons. The molecule has 4 fully saturated rings. The lowest BCUT2D eigenvalue weighted by molar-refractivity contribution is -0.134. The number of Topliss-reactive ketones (excluding diaryl/α,β-unsaturated/α-hetero) is 2. The number of hydrogen-bond donors (Lipinski definition) is 2. The molecule has 1 aromatic carbocycles. The molecule has 2 N–H and O–H groups in total. The Balaban J connectivity index is 1.27. The van der Waals surface area contributed by atoms with Crippen molar-refractivity contribution in [1.29, 1.82) is 0 Å². The van der Waals surface area contributed by atoms with Gasteiger partial charge in [0, 0.05) is 17.0 Å². The van der Waals surface area contributed by atoms with Gasteiger partial charge in [0.1, 0.15) is 12.2 Å². The number of rotatable bonds is 3. The van der Waals surface area contributed by atoms with Crippen LogP contribution in [0.1, 0.15) is 87.6 Å². The third-order valence-electron chi connectivity index (χ3n) is 10.3. The molecular weight excluding hydrogens is 424 g/mol. The van der Waals surface area contributed by atoms with Crippen LogP contribution >= 0.6 is 0 Å². The summed E-state index contributed by atoms with van der Waals surface area (Å²) in [5, 5.41) is 20.8. The third-order valence-corrected chi connectivity index (χ3v) is 10.3. The van der Waals surface area contributed by atoms with Crippen molar-refractivity contribution in [3.8, 4) is 11.8 Å². The zero-order valence-corrected chi connectivity index (χ0v) is 20.6. The van der Waals surface area contributed by atoms with E-state index in [4.69, 9.17) is 0 Å². The molecular formula is C30H38O4. The maximum absolute atomic E-state index is 12.4. The van der Waals surface area contributed by atoms with E-state index in [1.165, 1.54) is 12.8 Å². The minimum Gasteiger partial charge on any atom is -0.389 e. The van der Waals surface area contributed by atoms with Gasteiger partial charge in [-0.2, -0.15) is 0 Å². The molecule has 0 aliphatic heterocycles. The zero-order chi connectivity index (χ0) is 24.1. The van der Waals surface area contributed by atoms with Crippen LogP contribution in [0.25, 0.3) is 0 Å². The Morgan fingerprint density at radius 2 is 1.71 bits per heavy atom. The van der Waals surface area contributed by atoms with E-state index in [-0.39, 0.29) is 29.5 Å². The molecule has 0 saturated heterocycles. The quantitative estimate of drug-likeness (QED) is 0.500. The predicted molar refractivity (Wildman–Crippen MR) is 131 cm³/mol. The van der Waals surface area contributed by atoms with E-state index in [2.05, 4.69) is 18.8 Å². The normalized spacial score (nSPS) is 40.8. The molecule has 0 heterocycles. The van der Waals surface area contributed by atoms with Crippen molar-refractivity contribution in [3.05, 3.63) is 35.4 Å². The van der Waals surface area contributed by atoms with Gasteiger partial charge in [-0.1, -0.05) is 30.9 Å². The van der Waals surface area contributed by atoms with E-state index >= 15 is 0 Å². The van der Waals surface area contributed by atoms with Crippen LogP contribution in [0, 0.1) is 52.8 Å². The minimum absolute atomic E-state index is 0.0393. The maximum Gasteiger partial charge on any atom is 0.161 e. The predicted octanol–water partition coefficient (Wildman–Crippen LogP) is 4.80. The van der Waals surface area contributed by atoms with Gasteiger partial charge in [0.05, 0.1) is 0 Å². The highest BCUT2D eigenvalue weighted by molar-refractivity contribution is 5.94. The molecule has 4 aliphatic rings. The van der Waals surface area contributed by atoms with E-state index in [0.717, 1.165) is 50.5 Å². The smallest absolute Gasteiger partial charge is 0.161 e. The SMILES string of the molecule is CC(=O)c1ccc(C#C[C@@]2(O)CC[C@H]3[C@H](CC[C@@H]4[C@@H]3CC[C@]3(C)[C@@H](C(=O)CO)CC[C@@H]43)C2)cc1. The number of fused-ring (bicyclic) bond motifs is 5. The van der Waals surface area contributed by atoms with Crippen LogP contribution in [0.4, 0.5) is 0 Å². The van der Waals surface area contributed by atoms with Crippen molar-refractivity contribution in [2.45, 2.75) is 77.2 Å². The standard InChI is InChI=1S/C30H38O4/c1-19(32)21-5-3-20(4-6-21)11-15-30(34)16-13-23-22(17-30)7-8-25-24(23)12-14-29(2)26(25)9-10-27(29)28(33)18-31/h3-6,22-27,31,34H,7-10,12-14,16-18H2,1-2H3/t22-,23+,24-,25-,26+,27-,29+,30-/m1/s1. The number of benzene rings is 1. The summed E-state index contributed by atoms with van der Waals surface area (Å²) in [6, 6.07) is 7.32. The fraction of sp³-hybridized carbons (Fsp3) is 0.667. The molecule has 0 unspecified atom stereocenters. The summed E-state index contributed by atoms with van der Waals surface area (Å²) in [5.41, 5.74) is 0.651. The Morgan fingerprint density at radius 1 is 0.971 bits per heavy atom. The lowest BCUT2D eigenvalue weighted by Crippen LogP contribution is -2.51. The first kappa shape index (κ1) is 23.8. The number of hydrogen-bond acceptors (Lipinski definition) is 4. The van der Waals surface area contributed by atoms with Gasteiger partial charge in [-0.3, -0.25) is 9.59 Å². The fourth-order valence-electron chi connectivity index (χ4n) is 8.61. The Bertz CT molecular complexity index is 1020. The highest BCUT2D eigenvalue weighted by Gasteiger charge is 2.58. The van der Waals surface area contributed by atoms with Crippen LogP contribution in [0.5, 0.6) is 0 Å². The van der Waals surface area contributed by atoms with Crippen LogP contribution < -0.4 is 0 Å². The van der Waals surface area contributed by atoms with E-state index < -0.39 is 5.60 Å². The molecule has 0 aromatic heterocycles. The molecule has 4 aliphatic carbocycles. The first-order valence-electron chi connectivity index (χ1n) is 13.2. The second-order valence-electron chi connectivity index (χ2n) is 11.9. The van der Waals surface area contributed by atoms with Crippen molar-refractivity contribution in [1.82, 2.24) is 0 Å². The van der Waals surface area contributed by atoms with Crippen molar-refractivity contribution in [3.63, 3.8) is 0 Å². The van der Waals surface area contributed by atoms with Crippen molar-refractivity contribution in [2.75, 3.05) is 6.61 Å². The zero-order valence-electron chi connectivity index (χ0n) is 20.6. The molecule has 8 atom stereocenters. The van der Waals surface area contributed by atoms with Gasteiger partial charge < -0.3 is 10.2 Å². The minimum atomic E-state index is -0.928. The van der Waals surface area contributed by atoms with Crippen LogP contribution in [0.2, 0.25) is 0 Å². The Kier molecular flexibility index (Phi) is 6.23. The summed E-state index contributed by atoms with van der Waals surface area (Å²) in [7, 11) is 0. The first-order chi connectivity index (χ1) is 16.2. The van der Waals surface area contributed by atoms with Gasteiger partial charge in [0.15, 0.2) is 11.6 Å². The van der Waals surface area contributed by atoms with Crippen molar-refractivity contribution >= 4 is 11.6 Å². The van der Waals surface area contributed by atoms with Gasteiger partial charge in [0.25, 0.3) is 0 Å². The van der Waals surface area contributed by atoms with Gasteiger partial charge in [-0.05, 0) is 112 Å². The summed E-state index contributed by atoms with van der Waals surface area (Å²) >= 11 is 0. The van der Waals surface area contributed by atoms with E-state index in [0.29, 0.717) is 35.2 Å². The number of carbonyl (C=O) groups is 2. The summed E-state index contributed by atoms with van der Waals surface area (Å²) in [5.74, 6) is 9.67. The molecule has 4 heteroatoms. The Hall–Kier alpha value is -1.96. The van der Waals surface area contributed by atoms with Gasteiger partial charge >= 0.3 is 0 Å². The number of carbonyl (C=O) groups excluding carboxylic acids is 2. The Labute approximate surface area is 203 Å². The molecule has 0 radical (unpaired) electrons. The summed E-state index contributed by atoms with van der Waals surface area (Å²) in [4.78, 5) is 23.9. The first-order valence-corrected chi connectivity index (χ1v) is 13.2. The van der Waals surface area contributed by atoms with Gasteiger partial charge in [0.2, 0.25) is 0 Å². The highest BCUT2D eigenvalue weighted by atomic mass is 16.3. The number of ketones is 2. The topological polar surface area (TPSA) is 74.6 Å². The number of aliphatic hydroxyl groups is 2. The Morgan fingerprint density at radius 3 is 2.41 bits per heavy atom. The molecule has 0 spiro atoms. The lowest BCUT2D eigenvalue weighted by Gasteiger charge is -2.56. The van der Waals surface area contributed by atoms with Crippen molar-refractivity contribution in [2.24, 2.45) is 40.9 Å². The van der Waals surface area contributed by atoms with Crippen LogP contribution in [-0.4, -0.2) is 34.0 Å². The van der Waals surface area contributed by atoms with Gasteiger partial charge in [-0.25, -0.2) is 0 Å². The summed E-state index contributed by atoms with van der Waals surface area (Å²) in [6.07, 6.45) is 9.21. The summed E-state index contributed by atoms with van der Waals surface area (Å²) in [6.45, 7) is 3.57. The third kappa shape index (κ3) is 4.06. The van der Waals surface area contributed by atoms with Gasteiger partial charge in [-0.15, -0.1) is 0 Å². The largest absolute Gasteiger partial charge is 0.389 e. The van der Waals surface area contributed by atoms with Crippen LogP contribution in [0.15, 0.2) is 24.3 Å². The second-order valence-corrected chi connectivity index (χ2v) is 11.9. The van der Waals surface area contributed by atoms with Crippen LogP contribution in [-0.2, 0) is 4.79 Å². The summed E-state index contributed by atoms with van der Waals surface area (Å²) < 4.78 is 0. The molecule has 34 heavy (non-hydrogen) atoms. The van der Waals surface area contributed by atoms with Crippen molar-refractivity contribution < 1.29 is 19.8 Å². The maximum atomic E-state index is 12.4. The fourth-order valence-corrected chi connectivity index (χ4v) is 8.61. The molecule has 4 nitrogen and oxygen atoms in total. The average molecular weight is 463 g/mol. The molecule has 4 saturated carbocycles. The van der Waals surface area contributed by atoms with Crippen LogP contribution in [0.3, 0.4) is 0 Å². The lowest BCUT2D eigenvalue weighted by atomic mass is 9.49. The molecule has 1 aromatic rings. The molecule has 0 amide bonds. The highest BCUT2D eigenvalue weighted by Crippen LogP contribution is 2.64. The molecule has 5 rings (SSSR count). The van der Waals surface area contributed by atoms with E-state index in [1.54, 1.807) is 19.1 Å². The second kappa shape index (κ2) is 8.92. The monoisotopic (exact) mass is 462 g/mol. The average Bonchev–Trinajstić information content (AvgIpc) is 3.19.